The van der Waals surface area contributed by atoms with Crippen LogP contribution in [0.25, 0.3) is 0 Å². The monoisotopic (exact) mass is 224 g/mol. The van der Waals surface area contributed by atoms with Gasteiger partial charge in [-0.2, -0.15) is 0 Å². The molecule has 1 N–H and O–H groups in total. The lowest BCUT2D eigenvalue weighted by Gasteiger charge is -2.31. The SMILES string of the molecule is CCC1CCC(CN2CCCNCC2)CC1. The topological polar surface area (TPSA) is 15.3 Å². The zero-order chi connectivity index (χ0) is 11.2. The van der Waals surface area contributed by atoms with Crippen LogP contribution in [0, 0.1) is 11.8 Å². The zero-order valence-corrected chi connectivity index (χ0v) is 10.9. The molecule has 1 aliphatic carbocycles. The van der Waals surface area contributed by atoms with Crippen molar-refractivity contribution in [3.8, 4) is 0 Å². The van der Waals surface area contributed by atoms with Crippen molar-refractivity contribution in [3.05, 3.63) is 0 Å². The maximum Gasteiger partial charge on any atom is 0.0107 e. The number of hydrogen-bond acceptors (Lipinski definition) is 2. The fraction of sp³-hybridized carbons (Fsp3) is 1.00. The summed E-state index contributed by atoms with van der Waals surface area (Å²) in [7, 11) is 0. The molecular weight excluding hydrogens is 196 g/mol. The maximum atomic E-state index is 3.49. The van der Waals surface area contributed by atoms with E-state index in [2.05, 4.69) is 17.1 Å². The smallest absolute Gasteiger partial charge is 0.0107 e. The van der Waals surface area contributed by atoms with Crippen molar-refractivity contribution in [2.24, 2.45) is 11.8 Å². The molecule has 2 nitrogen and oxygen atoms in total. The summed E-state index contributed by atoms with van der Waals surface area (Å²) in [4.78, 5) is 2.69. The summed E-state index contributed by atoms with van der Waals surface area (Å²) in [6.07, 6.45) is 8.70. The van der Waals surface area contributed by atoms with E-state index in [1.54, 1.807) is 0 Å². The van der Waals surface area contributed by atoms with Gasteiger partial charge < -0.3 is 10.2 Å². The summed E-state index contributed by atoms with van der Waals surface area (Å²) < 4.78 is 0. The average Bonchev–Trinajstić information content (AvgIpc) is 2.59. The van der Waals surface area contributed by atoms with Gasteiger partial charge in [0.2, 0.25) is 0 Å². The minimum absolute atomic E-state index is 1.00. The molecule has 0 atom stereocenters. The highest BCUT2D eigenvalue weighted by Crippen LogP contribution is 2.31. The van der Waals surface area contributed by atoms with Gasteiger partial charge in [0.1, 0.15) is 0 Å². The van der Waals surface area contributed by atoms with Gasteiger partial charge >= 0.3 is 0 Å². The number of hydrogen-bond donors (Lipinski definition) is 1. The molecule has 0 amide bonds. The maximum absolute atomic E-state index is 3.49. The Morgan fingerprint density at radius 3 is 2.50 bits per heavy atom. The van der Waals surface area contributed by atoms with Crippen LogP contribution in [0.1, 0.15) is 45.4 Å². The van der Waals surface area contributed by atoms with Gasteiger partial charge in [-0.1, -0.05) is 26.2 Å². The highest BCUT2D eigenvalue weighted by molar-refractivity contribution is 4.76. The van der Waals surface area contributed by atoms with Crippen LogP contribution in [0.2, 0.25) is 0 Å². The summed E-state index contributed by atoms with van der Waals surface area (Å²) in [5, 5.41) is 3.49. The lowest BCUT2D eigenvalue weighted by molar-refractivity contribution is 0.185. The van der Waals surface area contributed by atoms with Crippen molar-refractivity contribution in [2.75, 3.05) is 32.7 Å². The molecule has 0 aromatic heterocycles. The predicted molar refractivity (Wildman–Crippen MR) is 69.7 cm³/mol. The Labute approximate surface area is 101 Å². The van der Waals surface area contributed by atoms with Crippen LogP contribution in [-0.2, 0) is 0 Å². The molecule has 16 heavy (non-hydrogen) atoms. The second-order valence-electron chi connectivity index (χ2n) is 5.70. The molecule has 2 aliphatic rings. The molecule has 2 fully saturated rings. The first-order valence-corrected chi connectivity index (χ1v) is 7.31. The second kappa shape index (κ2) is 6.61. The molecule has 0 bridgehead atoms. The van der Waals surface area contributed by atoms with Crippen LogP contribution >= 0.6 is 0 Å². The van der Waals surface area contributed by atoms with Gasteiger partial charge in [-0.15, -0.1) is 0 Å². The molecule has 0 aromatic carbocycles. The molecule has 0 radical (unpaired) electrons. The minimum Gasteiger partial charge on any atom is -0.315 e. The van der Waals surface area contributed by atoms with Gasteiger partial charge in [0.05, 0.1) is 0 Å². The van der Waals surface area contributed by atoms with Gasteiger partial charge in [0.15, 0.2) is 0 Å². The summed E-state index contributed by atoms with van der Waals surface area (Å²) in [6, 6.07) is 0. The second-order valence-corrected chi connectivity index (χ2v) is 5.70. The molecule has 94 valence electrons. The molecule has 1 aliphatic heterocycles. The fourth-order valence-electron chi connectivity index (χ4n) is 3.27. The molecular formula is C14H28N2. The first-order chi connectivity index (χ1) is 7.88. The average molecular weight is 224 g/mol. The van der Waals surface area contributed by atoms with E-state index < -0.39 is 0 Å². The van der Waals surface area contributed by atoms with Crippen LogP contribution in [0.3, 0.4) is 0 Å². The number of nitrogens with one attached hydrogen (secondary N) is 1. The van der Waals surface area contributed by atoms with Crippen molar-refractivity contribution in [1.29, 1.82) is 0 Å². The highest BCUT2D eigenvalue weighted by Gasteiger charge is 2.22. The van der Waals surface area contributed by atoms with Crippen molar-refractivity contribution in [2.45, 2.75) is 45.4 Å². The van der Waals surface area contributed by atoms with Crippen LogP contribution in [0.5, 0.6) is 0 Å². The Morgan fingerprint density at radius 1 is 1.00 bits per heavy atom. The van der Waals surface area contributed by atoms with E-state index in [4.69, 9.17) is 0 Å². The van der Waals surface area contributed by atoms with Crippen molar-refractivity contribution in [1.82, 2.24) is 10.2 Å². The van der Waals surface area contributed by atoms with E-state index in [1.165, 1.54) is 71.2 Å². The van der Waals surface area contributed by atoms with Crippen LogP contribution in [0.15, 0.2) is 0 Å². The molecule has 2 rings (SSSR count). The quantitative estimate of drug-likeness (QED) is 0.792. The Balaban J connectivity index is 1.69. The summed E-state index contributed by atoms with van der Waals surface area (Å²) in [6.45, 7) is 8.74. The zero-order valence-electron chi connectivity index (χ0n) is 10.9. The molecule has 0 aromatic rings. The first-order valence-electron chi connectivity index (χ1n) is 7.31. The third kappa shape index (κ3) is 3.74. The van der Waals surface area contributed by atoms with E-state index in [1.807, 2.05) is 0 Å². The standard InChI is InChI=1S/C14H28N2/c1-2-13-4-6-14(7-5-13)12-16-10-3-8-15-9-11-16/h13-15H,2-12H2,1H3. The van der Waals surface area contributed by atoms with Gasteiger partial charge in [-0.3, -0.25) is 0 Å². The third-order valence-corrected chi connectivity index (χ3v) is 4.49. The summed E-state index contributed by atoms with van der Waals surface area (Å²) in [5.74, 6) is 2.04. The molecule has 1 saturated heterocycles. The van der Waals surface area contributed by atoms with E-state index in [-0.39, 0.29) is 0 Å². The van der Waals surface area contributed by atoms with E-state index >= 15 is 0 Å². The van der Waals surface area contributed by atoms with Gasteiger partial charge in [0.25, 0.3) is 0 Å². The Kier molecular flexibility index (Phi) is 5.11. The van der Waals surface area contributed by atoms with E-state index in [9.17, 15) is 0 Å². The van der Waals surface area contributed by atoms with Crippen LogP contribution < -0.4 is 5.32 Å². The predicted octanol–water partition coefficient (Wildman–Crippen LogP) is 2.50. The van der Waals surface area contributed by atoms with Gasteiger partial charge in [-0.05, 0) is 44.2 Å². The van der Waals surface area contributed by atoms with Gasteiger partial charge in [-0.25, -0.2) is 0 Å². The molecule has 2 heteroatoms. The summed E-state index contributed by atoms with van der Waals surface area (Å²) >= 11 is 0. The normalized spacial score (nSPS) is 33.6. The number of nitrogens with zero attached hydrogens (tertiary/aromatic N) is 1. The Bertz CT molecular complexity index is 177. The van der Waals surface area contributed by atoms with Crippen molar-refractivity contribution in [3.63, 3.8) is 0 Å². The van der Waals surface area contributed by atoms with Crippen molar-refractivity contribution >= 4 is 0 Å². The summed E-state index contributed by atoms with van der Waals surface area (Å²) in [5.41, 5.74) is 0. The van der Waals surface area contributed by atoms with Crippen LogP contribution in [-0.4, -0.2) is 37.6 Å². The first kappa shape index (κ1) is 12.4. The highest BCUT2D eigenvalue weighted by atomic mass is 15.1. The molecule has 1 saturated carbocycles. The van der Waals surface area contributed by atoms with E-state index in [0.717, 1.165) is 11.8 Å². The molecule has 0 spiro atoms. The lowest BCUT2D eigenvalue weighted by atomic mass is 9.80. The Morgan fingerprint density at radius 2 is 1.75 bits per heavy atom. The minimum atomic E-state index is 1.00. The van der Waals surface area contributed by atoms with E-state index in [0.29, 0.717) is 0 Å². The Hall–Kier alpha value is -0.0800. The van der Waals surface area contributed by atoms with Gasteiger partial charge in [0, 0.05) is 19.6 Å². The van der Waals surface area contributed by atoms with Crippen molar-refractivity contribution < 1.29 is 0 Å². The lowest BCUT2D eigenvalue weighted by Crippen LogP contribution is -2.34. The van der Waals surface area contributed by atoms with Crippen LogP contribution in [0.4, 0.5) is 0 Å². The fourth-order valence-corrected chi connectivity index (χ4v) is 3.27. The number of rotatable bonds is 3. The molecule has 1 heterocycles. The molecule has 0 unspecified atom stereocenters. The largest absolute Gasteiger partial charge is 0.315 e. The third-order valence-electron chi connectivity index (χ3n) is 4.49.